The lowest BCUT2D eigenvalue weighted by Gasteiger charge is -2.25. The Hall–Kier alpha value is -1.13. The van der Waals surface area contributed by atoms with Crippen LogP contribution in [0.15, 0.2) is 41.8 Å². The van der Waals surface area contributed by atoms with Gasteiger partial charge in [0.2, 0.25) is 0 Å². The number of hydrogen-bond donors (Lipinski definition) is 0. The molecular weight excluding hydrogens is 284 g/mol. The van der Waals surface area contributed by atoms with E-state index in [4.69, 9.17) is 4.18 Å². The van der Waals surface area contributed by atoms with Crippen molar-refractivity contribution in [1.82, 2.24) is 0 Å². The first-order chi connectivity index (χ1) is 9.66. The van der Waals surface area contributed by atoms with Crippen molar-refractivity contribution in [2.45, 2.75) is 57.5 Å². The molecule has 0 aliphatic heterocycles. The predicted octanol–water partition coefficient (Wildman–Crippen LogP) is 4.47. The molecule has 0 aromatic heterocycles. The van der Waals surface area contributed by atoms with E-state index in [2.05, 4.69) is 13.5 Å². The first kappa shape index (κ1) is 17.9. The smallest absolute Gasteiger partial charge is 0.260 e. The summed E-state index contributed by atoms with van der Waals surface area (Å²) in [5, 5.41) is 0. The average molecular weight is 310 g/mol. The van der Waals surface area contributed by atoms with E-state index in [0.29, 0.717) is 12.3 Å². The van der Waals surface area contributed by atoms with Gasteiger partial charge in [-0.25, -0.2) is 0 Å². The molecular formula is C17H26O3S. The van der Waals surface area contributed by atoms with Crippen molar-refractivity contribution in [3.05, 3.63) is 42.5 Å². The van der Waals surface area contributed by atoms with Gasteiger partial charge in [0.25, 0.3) is 10.1 Å². The molecule has 4 heteroatoms. The molecule has 0 heterocycles. The van der Waals surface area contributed by atoms with E-state index >= 15 is 0 Å². The van der Waals surface area contributed by atoms with Crippen LogP contribution in [0.5, 0.6) is 0 Å². The molecule has 3 nitrogen and oxygen atoms in total. The zero-order valence-electron chi connectivity index (χ0n) is 13.4. The van der Waals surface area contributed by atoms with Crippen LogP contribution in [0.2, 0.25) is 0 Å². The van der Waals surface area contributed by atoms with Crippen LogP contribution in [0.25, 0.3) is 0 Å². The average Bonchev–Trinajstić information content (AvgIpc) is 2.37. The summed E-state index contributed by atoms with van der Waals surface area (Å²) in [6.07, 6.45) is 4.50. The zero-order chi connectivity index (χ0) is 16.1. The van der Waals surface area contributed by atoms with Crippen molar-refractivity contribution in [2.24, 2.45) is 5.92 Å². The van der Waals surface area contributed by atoms with Crippen LogP contribution in [0.3, 0.4) is 0 Å². The molecule has 118 valence electrons. The van der Waals surface area contributed by atoms with Gasteiger partial charge in [-0.15, -0.1) is 6.58 Å². The number of aryl methyl sites for hydroxylation is 1. The van der Waals surface area contributed by atoms with E-state index in [1.54, 1.807) is 24.3 Å². The largest absolute Gasteiger partial charge is 0.297 e. The summed E-state index contributed by atoms with van der Waals surface area (Å²) in [5.41, 5.74) is 0.316. The van der Waals surface area contributed by atoms with Crippen LogP contribution in [0.1, 0.15) is 45.6 Å². The van der Waals surface area contributed by atoms with Crippen LogP contribution >= 0.6 is 0 Å². The Bertz CT molecular complexity index is 556. The van der Waals surface area contributed by atoms with Gasteiger partial charge in [0.1, 0.15) is 0 Å². The fourth-order valence-corrected chi connectivity index (χ4v) is 3.30. The van der Waals surface area contributed by atoms with Crippen molar-refractivity contribution in [2.75, 3.05) is 0 Å². The Morgan fingerprint density at radius 1 is 1.29 bits per heavy atom. The first-order valence-electron chi connectivity index (χ1n) is 7.31. The standard InChI is InChI=1S/C17H26O3S/c1-6-14(2)8-7-13-17(4,5)20-21(18,19)16-11-9-15(3)10-12-16/h6,9-12,14H,1,7-8,13H2,2-5H3. The number of hydrogen-bond acceptors (Lipinski definition) is 3. The van der Waals surface area contributed by atoms with E-state index in [1.807, 2.05) is 26.8 Å². The van der Waals surface area contributed by atoms with Crippen molar-refractivity contribution in [3.8, 4) is 0 Å². The SMILES string of the molecule is C=CC(C)CCCC(C)(C)OS(=O)(=O)c1ccc(C)cc1. The minimum Gasteiger partial charge on any atom is -0.260 e. The van der Waals surface area contributed by atoms with Crippen molar-refractivity contribution in [3.63, 3.8) is 0 Å². The molecule has 0 saturated carbocycles. The molecule has 0 bridgehead atoms. The van der Waals surface area contributed by atoms with Crippen LogP contribution < -0.4 is 0 Å². The van der Waals surface area contributed by atoms with Crippen LogP contribution in [0.4, 0.5) is 0 Å². The summed E-state index contributed by atoms with van der Waals surface area (Å²) in [7, 11) is -3.71. The Kier molecular flexibility index (Phi) is 6.17. The lowest BCUT2D eigenvalue weighted by atomic mass is 9.97. The number of allylic oxidation sites excluding steroid dienone is 1. The highest BCUT2D eigenvalue weighted by atomic mass is 32.2. The minimum absolute atomic E-state index is 0.209. The second-order valence-electron chi connectivity index (χ2n) is 6.22. The van der Waals surface area contributed by atoms with Gasteiger partial charge in [-0.3, -0.25) is 4.18 Å². The molecule has 0 saturated heterocycles. The topological polar surface area (TPSA) is 43.4 Å². The third-order valence-corrected chi connectivity index (χ3v) is 5.01. The monoisotopic (exact) mass is 310 g/mol. The van der Waals surface area contributed by atoms with E-state index in [9.17, 15) is 8.42 Å². The summed E-state index contributed by atoms with van der Waals surface area (Å²) in [4.78, 5) is 0.209. The number of rotatable bonds is 8. The summed E-state index contributed by atoms with van der Waals surface area (Å²) < 4.78 is 30.0. The van der Waals surface area contributed by atoms with E-state index in [0.717, 1.165) is 18.4 Å². The van der Waals surface area contributed by atoms with Crippen LogP contribution in [-0.4, -0.2) is 14.0 Å². The van der Waals surface area contributed by atoms with Gasteiger partial charge in [-0.1, -0.05) is 30.7 Å². The molecule has 1 aromatic carbocycles. The van der Waals surface area contributed by atoms with E-state index in [1.165, 1.54) is 0 Å². The van der Waals surface area contributed by atoms with Gasteiger partial charge in [-0.2, -0.15) is 8.42 Å². The molecule has 0 aliphatic rings. The highest BCUT2D eigenvalue weighted by molar-refractivity contribution is 7.86. The lowest BCUT2D eigenvalue weighted by Crippen LogP contribution is -2.28. The van der Waals surface area contributed by atoms with Crippen LogP contribution in [0, 0.1) is 12.8 Å². The summed E-state index contributed by atoms with van der Waals surface area (Å²) >= 11 is 0. The third kappa shape index (κ3) is 6.02. The molecule has 0 spiro atoms. The Morgan fingerprint density at radius 3 is 2.38 bits per heavy atom. The summed E-state index contributed by atoms with van der Waals surface area (Å²) in [6.45, 7) is 11.4. The van der Waals surface area contributed by atoms with Gasteiger partial charge in [0, 0.05) is 0 Å². The van der Waals surface area contributed by atoms with E-state index in [-0.39, 0.29) is 4.90 Å². The second kappa shape index (κ2) is 7.23. The Labute approximate surface area is 129 Å². The molecule has 0 N–H and O–H groups in total. The predicted molar refractivity (Wildman–Crippen MR) is 86.7 cm³/mol. The van der Waals surface area contributed by atoms with Gasteiger partial charge < -0.3 is 0 Å². The maximum Gasteiger partial charge on any atom is 0.297 e. The number of benzene rings is 1. The minimum atomic E-state index is -3.71. The molecule has 21 heavy (non-hydrogen) atoms. The van der Waals surface area contributed by atoms with Gasteiger partial charge >= 0.3 is 0 Å². The highest BCUT2D eigenvalue weighted by Gasteiger charge is 2.27. The summed E-state index contributed by atoms with van der Waals surface area (Å²) in [6, 6.07) is 6.71. The zero-order valence-corrected chi connectivity index (χ0v) is 14.2. The highest BCUT2D eigenvalue weighted by Crippen LogP contribution is 2.25. The first-order valence-corrected chi connectivity index (χ1v) is 8.72. The van der Waals surface area contributed by atoms with E-state index < -0.39 is 15.7 Å². The van der Waals surface area contributed by atoms with Crippen molar-refractivity contribution in [1.29, 1.82) is 0 Å². The maximum atomic E-state index is 12.3. The Morgan fingerprint density at radius 2 is 1.86 bits per heavy atom. The van der Waals surface area contributed by atoms with Gasteiger partial charge in [0.15, 0.2) is 0 Å². The molecule has 1 rings (SSSR count). The summed E-state index contributed by atoms with van der Waals surface area (Å²) in [5.74, 6) is 0.439. The molecule has 1 unspecified atom stereocenters. The fraction of sp³-hybridized carbons (Fsp3) is 0.529. The van der Waals surface area contributed by atoms with Crippen molar-refractivity contribution >= 4 is 10.1 Å². The molecule has 0 amide bonds. The molecule has 0 fully saturated rings. The molecule has 0 aliphatic carbocycles. The van der Waals surface area contributed by atoms with Crippen LogP contribution in [-0.2, 0) is 14.3 Å². The lowest BCUT2D eigenvalue weighted by molar-refractivity contribution is 0.104. The molecule has 0 radical (unpaired) electrons. The normalized spacial score (nSPS) is 13.9. The van der Waals surface area contributed by atoms with Gasteiger partial charge in [0.05, 0.1) is 10.5 Å². The van der Waals surface area contributed by atoms with Gasteiger partial charge in [-0.05, 0) is 58.1 Å². The Balaban J connectivity index is 2.68. The molecule has 1 atom stereocenters. The fourth-order valence-electron chi connectivity index (χ4n) is 2.06. The molecule has 1 aromatic rings. The van der Waals surface area contributed by atoms with Crippen molar-refractivity contribution < 1.29 is 12.6 Å². The second-order valence-corrected chi connectivity index (χ2v) is 7.76. The third-order valence-electron chi connectivity index (χ3n) is 3.49. The quantitative estimate of drug-likeness (QED) is 0.525. The maximum absolute atomic E-state index is 12.3.